The van der Waals surface area contributed by atoms with Crippen LogP contribution in [-0.4, -0.2) is 17.4 Å². The van der Waals surface area contributed by atoms with E-state index in [9.17, 15) is 4.79 Å². The fourth-order valence-electron chi connectivity index (χ4n) is 2.06. The third-order valence-electron chi connectivity index (χ3n) is 3.35. The molecule has 110 valence electrons. The first-order valence-electron chi connectivity index (χ1n) is 7.21. The van der Waals surface area contributed by atoms with Crippen molar-refractivity contribution in [3.63, 3.8) is 0 Å². The van der Waals surface area contributed by atoms with E-state index in [-0.39, 0.29) is 11.8 Å². The summed E-state index contributed by atoms with van der Waals surface area (Å²) in [5, 5.41) is 6.24. The average molecular weight is 283 g/mol. The van der Waals surface area contributed by atoms with Gasteiger partial charge in [-0.3, -0.25) is 9.78 Å². The minimum atomic E-state index is -0.226. The summed E-state index contributed by atoms with van der Waals surface area (Å²) >= 11 is 0. The fourth-order valence-corrected chi connectivity index (χ4v) is 2.06. The lowest BCUT2D eigenvalue weighted by atomic mass is 10.0. The molecule has 1 aromatic heterocycles. The van der Waals surface area contributed by atoms with Crippen LogP contribution in [0, 0.1) is 0 Å². The van der Waals surface area contributed by atoms with Gasteiger partial charge in [-0.25, -0.2) is 0 Å². The van der Waals surface area contributed by atoms with Gasteiger partial charge in [0.1, 0.15) is 0 Å². The molecule has 1 amide bonds. The molecular formula is C17H21N3O. The number of rotatable bonds is 6. The maximum Gasteiger partial charge on any atom is 0.231 e. The fraction of sp³-hybridized carbons (Fsp3) is 0.294. The van der Waals surface area contributed by atoms with Gasteiger partial charge >= 0.3 is 0 Å². The molecule has 1 aromatic carbocycles. The van der Waals surface area contributed by atoms with E-state index in [0.717, 1.165) is 29.9 Å². The van der Waals surface area contributed by atoms with E-state index in [2.05, 4.69) is 22.5 Å². The van der Waals surface area contributed by atoms with Gasteiger partial charge in [-0.05, 0) is 42.8 Å². The van der Waals surface area contributed by atoms with Gasteiger partial charge in [0.2, 0.25) is 5.91 Å². The lowest BCUT2D eigenvalue weighted by Crippen LogP contribution is -2.19. The van der Waals surface area contributed by atoms with Crippen molar-refractivity contribution in [1.82, 2.24) is 10.3 Å². The normalized spacial score (nSPS) is 11.9. The molecule has 0 radical (unpaired) electrons. The Balaban J connectivity index is 2.02. The standard InChI is InChI=1S/C17H21N3O/c1-3-18-11-14-6-4-8-16(10-14)20-17(21)13(2)15-7-5-9-19-12-15/h4-10,12-13,18H,3,11H2,1-2H3,(H,20,21). The second-order valence-corrected chi connectivity index (χ2v) is 4.98. The van der Waals surface area contributed by atoms with Crippen LogP contribution in [0.2, 0.25) is 0 Å². The topological polar surface area (TPSA) is 54.0 Å². The zero-order chi connectivity index (χ0) is 15.1. The van der Waals surface area contributed by atoms with Crippen LogP contribution in [-0.2, 0) is 11.3 Å². The average Bonchev–Trinajstić information content (AvgIpc) is 2.53. The molecule has 21 heavy (non-hydrogen) atoms. The van der Waals surface area contributed by atoms with E-state index in [1.165, 1.54) is 0 Å². The molecule has 0 bridgehead atoms. The summed E-state index contributed by atoms with van der Waals surface area (Å²) in [6, 6.07) is 11.7. The summed E-state index contributed by atoms with van der Waals surface area (Å²) in [5.74, 6) is -0.250. The van der Waals surface area contributed by atoms with Crippen molar-refractivity contribution in [2.24, 2.45) is 0 Å². The van der Waals surface area contributed by atoms with E-state index >= 15 is 0 Å². The van der Waals surface area contributed by atoms with Crippen LogP contribution in [0.1, 0.15) is 30.9 Å². The van der Waals surface area contributed by atoms with Crippen LogP contribution in [0.3, 0.4) is 0 Å². The molecule has 0 fully saturated rings. The number of hydrogen-bond donors (Lipinski definition) is 2. The number of hydrogen-bond acceptors (Lipinski definition) is 3. The number of carbonyl (C=O) groups is 1. The predicted octanol–water partition coefficient (Wildman–Crippen LogP) is 2.93. The van der Waals surface area contributed by atoms with Gasteiger partial charge in [0.15, 0.2) is 0 Å². The number of carbonyl (C=O) groups excluding carboxylic acids is 1. The van der Waals surface area contributed by atoms with Crippen LogP contribution < -0.4 is 10.6 Å². The molecule has 2 N–H and O–H groups in total. The Bertz CT molecular complexity index is 584. The van der Waals surface area contributed by atoms with Crippen molar-refractivity contribution in [2.45, 2.75) is 26.3 Å². The predicted molar refractivity (Wildman–Crippen MR) is 85.1 cm³/mol. The van der Waals surface area contributed by atoms with Gasteiger partial charge in [-0.2, -0.15) is 0 Å². The molecule has 4 nitrogen and oxygen atoms in total. The molecule has 1 heterocycles. The summed E-state index contributed by atoms with van der Waals surface area (Å²) in [5.41, 5.74) is 2.90. The minimum absolute atomic E-state index is 0.0244. The molecule has 0 aliphatic carbocycles. The summed E-state index contributed by atoms with van der Waals surface area (Å²) < 4.78 is 0. The molecule has 0 saturated carbocycles. The summed E-state index contributed by atoms with van der Waals surface area (Å²) in [6.45, 7) is 5.68. The number of benzene rings is 1. The number of pyridine rings is 1. The first-order chi connectivity index (χ1) is 10.2. The lowest BCUT2D eigenvalue weighted by Gasteiger charge is -2.13. The highest BCUT2D eigenvalue weighted by molar-refractivity contribution is 5.95. The van der Waals surface area contributed by atoms with E-state index < -0.39 is 0 Å². The summed E-state index contributed by atoms with van der Waals surface area (Å²) in [6.07, 6.45) is 3.43. The van der Waals surface area contributed by atoms with Crippen LogP contribution in [0.4, 0.5) is 5.69 Å². The third kappa shape index (κ3) is 4.39. The highest BCUT2D eigenvalue weighted by atomic mass is 16.1. The van der Waals surface area contributed by atoms with Crippen molar-refractivity contribution < 1.29 is 4.79 Å². The first kappa shape index (κ1) is 15.2. The molecule has 0 aliphatic rings. The molecule has 0 saturated heterocycles. The second kappa shape index (κ2) is 7.55. The Hall–Kier alpha value is -2.20. The molecule has 2 aromatic rings. The monoisotopic (exact) mass is 283 g/mol. The van der Waals surface area contributed by atoms with E-state index in [4.69, 9.17) is 0 Å². The number of anilines is 1. The molecule has 1 atom stereocenters. The molecule has 0 aliphatic heterocycles. The Morgan fingerprint density at radius 2 is 2.14 bits per heavy atom. The molecule has 2 rings (SSSR count). The lowest BCUT2D eigenvalue weighted by molar-refractivity contribution is -0.117. The second-order valence-electron chi connectivity index (χ2n) is 4.98. The Kier molecular flexibility index (Phi) is 5.46. The Morgan fingerprint density at radius 1 is 1.29 bits per heavy atom. The van der Waals surface area contributed by atoms with Crippen molar-refractivity contribution in [1.29, 1.82) is 0 Å². The maximum absolute atomic E-state index is 12.3. The number of nitrogens with one attached hydrogen (secondary N) is 2. The van der Waals surface area contributed by atoms with Gasteiger partial charge in [-0.15, -0.1) is 0 Å². The van der Waals surface area contributed by atoms with Crippen molar-refractivity contribution in [2.75, 3.05) is 11.9 Å². The molecule has 1 unspecified atom stereocenters. The largest absolute Gasteiger partial charge is 0.326 e. The van der Waals surface area contributed by atoms with Crippen molar-refractivity contribution >= 4 is 11.6 Å². The van der Waals surface area contributed by atoms with Gasteiger partial charge in [-0.1, -0.05) is 25.1 Å². The van der Waals surface area contributed by atoms with E-state index in [0.29, 0.717) is 0 Å². The smallest absolute Gasteiger partial charge is 0.231 e. The van der Waals surface area contributed by atoms with E-state index in [1.54, 1.807) is 12.4 Å². The van der Waals surface area contributed by atoms with Gasteiger partial charge < -0.3 is 10.6 Å². The quantitative estimate of drug-likeness (QED) is 0.857. The highest BCUT2D eigenvalue weighted by Gasteiger charge is 2.15. The Morgan fingerprint density at radius 3 is 2.86 bits per heavy atom. The van der Waals surface area contributed by atoms with Crippen LogP contribution >= 0.6 is 0 Å². The van der Waals surface area contributed by atoms with Gasteiger partial charge in [0, 0.05) is 24.6 Å². The number of amides is 1. The molecule has 0 spiro atoms. The first-order valence-corrected chi connectivity index (χ1v) is 7.21. The van der Waals surface area contributed by atoms with Crippen LogP contribution in [0.5, 0.6) is 0 Å². The number of aromatic nitrogens is 1. The third-order valence-corrected chi connectivity index (χ3v) is 3.35. The van der Waals surface area contributed by atoms with Crippen LogP contribution in [0.25, 0.3) is 0 Å². The zero-order valence-electron chi connectivity index (χ0n) is 12.5. The molecule has 4 heteroatoms. The van der Waals surface area contributed by atoms with Crippen LogP contribution in [0.15, 0.2) is 48.8 Å². The SMILES string of the molecule is CCNCc1cccc(NC(=O)C(C)c2cccnc2)c1. The minimum Gasteiger partial charge on any atom is -0.326 e. The zero-order valence-corrected chi connectivity index (χ0v) is 12.5. The van der Waals surface area contributed by atoms with E-state index in [1.807, 2.05) is 43.3 Å². The molecular weight excluding hydrogens is 262 g/mol. The number of nitrogens with zero attached hydrogens (tertiary/aromatic N) is 1. The van der Waals surface area contributed by atoms with Crippen molar-refractivity contribution in [3.8, 4) is 0 Å². The summed E-state index contributed by atoms with van der Waals surface area (Å²) in [7, 11) is 0. The maximum atomic E-state index is 12.3. The highest BCUT2D eigenvalue weighted by Crippen LogP contribution is 2.17. The summed E-state index contributed by atoms with van der Waals surface area (Å²) in [4.78, 5) is 16.3. The van der Waals surface area contributed by atoms with Gasteiger partial charge in [0.05, 0.1) is 5.92 Å². The van der Waals surface area contributed by atoms with Gasteiger partial charge in [0.25, 0.3) is 0 Å². The van der Waals surface area contributed by atoms with Crippen molar-refractivity contribution in [3.05, 3.63) is 59.9 Å². The Labute approximate surface area is 125 Å².